The third kappa shape index (κ3) is 9.74. The van der Waals surface area contributed by atoms with Crippen LogP contribution in [0.4, 0.5) is 13.2 Å². The maximum atomic E-state index is 13.4. The molecule has 0 heterocycles. The van der Waals surface area contributed by atoms with Gasteiger partial charge in [0.05, 0.1) is 5.92 Å². The quantitative estimate of drug-likeness (QED) is 0.108. The summed E-state index contributed by atoms with van der Waals surface area (Å²) in [6.07, 6.45) is 24.3. The van der Waals surface area contributed by atoms with Gasteiger partial charge in [0.1, 0.15) is 5.75 Å². The van der Waals surface area contributed by atoms with Crippen LogP contribution in [0, 0.1) is 41.1 Å². The van der Waals surface area contributed by atoms with Crippen LogP contribution in [0.2, 0.25) is 0 Å². The monoisotopic (exact) mass is 508 g/mol. The lowest BCUT2D eigenvalue weighted by Crippen LogP contribution is -2.26. The molecular formula is C31H47F3O2. The molecule has 0 atom stereocenters. The number of hydrogen-bond acceptors (Lipinski definition) is 2. The van der Waals surface area contributed by atoms with Crippen molar-refractivity contribution in [3.8, 4) is 5.75 Å². The summed E-state index contributed by atoms with van der Waals surface area (Å²) in [5, 5.41) is 0. The summed E-state index contributed by atoms with van der Waals surface area (Å²) in [4.78, 5) is 12.4. The van der Waals surface area contributed by atoms with Crippen molar-refractivity contribution < 1.29 is 22.7 Å². The van der Waals surface area contributed by atoms with E-state index >= 15 is 0 Å². The fourth-order valence-electron chi connectivity index (χ4n) is 6.32. The third-order valence-corrected chi connectivity index (χ3v) is 8.77. The van der Waals surface area contributed by atoms with Crippen LogP contribution in [0.3, 0.4) is 0 Å². The third-order valence-electron chi connectivity index (χ3n) is 8.77. The molecule has 2 fully saturated rings. The second kappa shape index (κ2) is 15.7. The van der Waals surface area contributed by atoms with Gasteiger partial charge in [-0.05, 0) is 43.4 Å². The Morgan fingerprint density at radius 3 is 1.67 bits per heavy atom. The zero-order chi connectivity index (χ0) is 25.8. The van der Waals surface area contributed by atoms with Crippen molar-refractivity contribution >= 4 is 5.97 Å². The number of ether oxygens (including phenoxy) is 1. The van der Waals surface area contributed by atoms with Gasteiger partial charge < -0.3 is 4.74 Å². The van der Waals surface area contributed by atoms with Crippen molar-refractivity contribution in [2.75, 3.05) is 0 Å². The first kappa shape index (κ1) is 29.0. The largest absolute Gasteiger partial charge is 0.426 e. The van der Waals surface area contributed by atoms with E-state index < -0.39 is 23.4 Å². The Balaban J connectivity index is 1.23. The van der Waals surface area contributed by atoms with Crippen molar-refractivity contribution in [1.82, 2.24) is 0 Å². The summed E-state index contributed by atoms with van der Waals surface area (Å²) in [5.74, 6) is -2.74. The second-order valence-electron chi connectivity index (χ2n) is 11.6. The van der Waals surface area contributed by atoms with E-state index in [-0.39, 0.29) is 11.7 Å². The van der Waals surface area contributed by atoms with Crippen LogP contribution in [0.15, 0.2) is 12.1 Å². The van der Waals surface area contributed by atoms with Crippen molar-refractivity contribution in [2.24, 2.45) is 23.7 Å². The second-order valence-corrected chi connectivity index (χ2v) is 11.6. The van der Waals surface area contributed by atoms with Gasteiger partial charge in [-0.1, -0.05) is 103 Å². The molecule has 1 aromatic carbocycles. The number of hydrogen-bond donors (Lipinski definition) is 0. The topological polar surface area (TPSA) is 26.3 Å². The lowest BCUT2D eigenvalue weighted by atomic mass is 9.75. The zero-order valence-corrected chi connectivity index (χ0v) is 22.3. The fraction of sp³-hybridized carbons (Fsp3) is 0.774. The molecule has 0 aromatic heterocycles. The van der Waals surface area contributed by atoms with E-state index in [1.165, 1.54) is 96.3 Å². The standard InChI is InChI=1S/C31H47F3O2/c1-2-3-4-5-6-7-8-9-10-23-11-13-24(14-12-23)15-16-25-17-19-26(20-18-25)31(35)36-27-21-28(32)30(34)29(33)22-27/h21-26H,2-20H2,1H3. The van der Waals surface area contributed by atoms with Crippen LogP contribution in [-0.2, 0) is 4.79 Å². The first-order valence-corrected chi connectivity index (χ1v) is 14.8. The smallest absolute Gasteiger partial charge is 0.314 e. The molecule has 2 aliphatic rings. The molecule has 0 aliphatic heterocycles. The number of carbonyl (C=O) groups excluding carboxylic acids is 1. The Morgan fingerprint density at radius 2 is 1.14 bits per heavy atom. The van der Waals surface area contributed by atoms with E-state index in [1.54, 1.807) is 0 Å². The highest BCUT2D eigenvalue weighted by Crippen LogP contribution is 2.38. The summed E-state index contributed by atoms with van der Waals surface area (Å²) in [6.45, 7) is 2.27. The van der Waals surface area contributed by atoms with Gasteiger partial charge in [0, 0.05) is 12.1 Å². The molecule has 0 N–H and O–H groups in total. The molecule has 36 heavy (non-hydrogen) atoms. The van der Waals surface area contributed by atoms with Gasteiger partial charge in [-0.3, -0.25) is 4.79 Å². The number of benzene rings is 1. The number of carbonyl (C=O) groups is 1. The van der Waals surface area contributed by atoms with Gasteiger partial charge in [0.2, 0.25) is 0 Å². The van der Waals surface area contributed by atoms with Crippen LogP contribution in [-0.4, -0.2) is 5.97 Å². The maximum absolute atomic E-state index is 13.4. The van der Waals surface area contributed by atoms with Crippen LogP contribution in [0.5, 0.6) is 5.75 Å². The molecule has 2 nitrogen and oxygen atoms in total. The SMILES string of the molecule is CCCCCCCCCCC1CCC(CCC2CCC(C(=O)Oc3cc(F)c(F)c(F)c3)CC2)CC1. The van der Waals surface area contributed by atoms with Crippen LogP contribution >= 0.6 is 0 Å². The molecule has 0 bridgehead atoms. The molecule has 0 amide bonds. The highest BCUT2D eigenvalue weighted by atomic mass is 19.2. The van der Waals surface area contributed by atoms with E-state index in [4.69, 9.17) is 4.74 Å². The van der Waals surface area contributed by atoms with E-state index in [2.05, 4.69) is 6.92 Å². The number of unbranched alkanes of at least 4 members (excludes halogenated alkanes) is 7. The molecule has 0 unspecified atom stereocenters. The van der Waals surface area contributed by atoms with E-state index in [0.717, 1.165) is 49.7 Å². The van der Waals surface area contributed by atoms with Crippen LogP contribution in [0.1, 0.15) is 129 Å². The Kier molecular flexibility index (Phi) is 12.6. The van der Waals surface area contributed by atoms with Crippen molar-refractivity contribution in [3.63, 3.8) is 0 Å². The molecule has 0 spiro atoms. The summed E-state index contributed by atoms with van der Waals surface area (Å²) >= 11 is 0. The molecule has 3 rings (SSSR count). The van der Waals surface area contributed by atoms with Crippen molar-refractivity contribution in [3.05, 3.63) is 29.6 Å². The summed E-state index contributed by atoms with van der Waals surface area (Å²) in [6, 6.07) is 1.46. The fourth-order valence-corrected chi connectivity index (χ4v) is 6.32. The maximum Gasteiger partial charge on any atom is 0.314 e. The highest BCUT2D eigenvalue weighted by molar-refractivity contribution is 5.75. The molecule has 2 saturated carbocycles. The number of rotatable bonds is 14. The van der Waals surface area contributed by atoms with E-state index in [0.29, 0.717) is 5.92 Å². The van der Waals surface area contributed by atoms with Gasteiger partial charge >= 0.3 is 5.97 Å². The normalized spacial score (nSPS) is 24.6. The van der Waals surface area contributed by atoms with E-state index in [9.17, 15) is 18.0 Å². The van der Waals surface area contributed by atoms with Gasteiger partial charge in [0.25, 0.3) is 0 Å². The molecule has 1 aromatic rings. The molecule has 5 heteroatoms. The zero-order valence-electron chi connectivity index (χ0n) is 22.3. The Bertz CT molecular complexity index is 757. The summed E-state index contributed by atoms with van der Waals surface area (Å²) in [7, 11) is 0. The molecular weight excluding hydrogens is 461 g/mol. The predicted octanol–water partition coefficient (Wildman–Crippen LogP) is 9.93. The number of esters is 1. The minimum atomic E-state index is -1.55. The van der Waals surface area contributed by atoms with E-state index in [1.807, 2.05) is 0 Å². The van der Waals surface area contributed by atoms with Crippen molar-refractivity contribution in [1.29, 1.82) is 0 Å². The minimum Gasteiger partial charge on any atom is -0.426 e. The van der Waals surface area contributed by atoms with Crippen molar-refractivity contribution in [2.45, 2.75) is 129 Å². The predicted molar refractivity (Wildman–Crippen MR) is 139 cm³/mol. The first-order chi connectivity index (χ1) is 17.5. The molecule has 0 radical (unpaired) electrons. The lowest BCUT2D eigenvalue weighted by molar-refractivity contribution is -0.140. The average Bonchev–Trinajstić information content (AvgIpc) is 2.88. The van der Waals surface area contributed by atoms with Gasteiger partial charge in [-0.2, -0.15) is 0 Å². The average molecular weight is 509 g/mol. The highest BCUT2D eigenvalue weighted by Gasteiger charge is 2.29. The minimum absolute atomic E-state index is 0.246. The summed E-state index contributed by atoms with van der Waals surface area (Å²) in [5.41, 5.74) is 0. The molecule has 0 saturated heterocycles. The Hall–Kier alpha value is -1.52. The van der Waals surface area contributed by atoms with Crippen LogP contribution in [0.25, 0.3) is 0 Å². The van der Waals surface area contributed by atoms with Gasteiger partial charge in [0.15, 0.2) is 17.5 Å². The first-order valence-electron chi connectivity index (χ1n) is 14.8. The van der Waals surface area contributed by atoms with Gasteiger partial charge in [-0.25, -0.2) is 13.2 Å². The lowest BCUT2D eigenvalue weighted by Gasteiger charge is -2.31. The molecule has 204 valence electrons. The Morgan fingerprint density at radius 1 is 0.694 bits per heavy atom. The van der Waals surface area contributed by atoms with Crippen LogP contribution < -0.4 is 4.74 Å². The molecule has 2 aliphatic carbocycles. The van der Waals surface area contributed by atoms with Gasteiger partial charge in [-0.15, -0.1) is 0 Å². The Labute approximate surface area is 216 Å². The number of halogens is 3. The summed E-state index contributed by atoms with van der Waals surface area (Å²) < 4.78 is 45.0.